The topological polar surface area (TPSA) is 72.6 Å². The molecule has 0 saturated carbocycles. The van der Waals surface area contributed by atoms with Gasteiger partial charge in [-0.3, -0.25) is 4.79 Å². The number of aromatic nitrogens is 4. The molecule has 3 rings (SSSR count). The summed E-state index contributed by atoms with van der Waals surface area (Å²) in [7, 11) is 0. The van der Waals surface area contributed by atoms with Crippen molar-refractivity contribution in [3.8, 4) is 0 Å². The number of rotatable bonds is 3. The second-order valence-corrected chi connectivity index (χ2v) is 5.31. The van der Waals surface area contributed by atoms with Gasteiger partial charge in [-0.05, 0) is 32.8 Å². The Labute approximate surface area is 122 Å². The van der Waals surface area contributed by atoms with Gasteiger partial charge in [-0.1, -0.05) is 0 Å². The monoisotopic (exact) mass is 289 g/mol. The number of aryl methyl sites for hydroxylation is 1. The van der Waals surface area contributed by atoms with Crippen LogP contribution >= 0.6 is 0 Å². The molecule has 1 aliphatic rings. The van der Waals surface area contributed by atoms with Crippen LogP contribution in [0.2, 0.25) is 0 Å². The van der Waals surface area contributed by atoms with Crippen molar-refractivity contribution >= 4 is 17.3 Å². The lowest BCUT2D eigenvalue weighted by Crippen LogP contribution is -2.39. The second kappa shape index (κ2) is 5.67. The van der Waals surface area contributed by atoms with Crippen LogP contribution in [0.4, 0.5) is 5.69 Å². The summed E-state index contributed by atoms with van der Waals surface area (Å²) in [4.78, 5) is 14.1. The van der Waals surface area contributed by atoms with E-state index >= 15 is 0 Å². The van der Waals surface area contributed by atoms with Crippen LogP contribution in [0, 0.1) is 12.8 Å². The Morgan fingerprint density at radius 2 is 2.38 bits per heavy atom. The van der Waals surface area contributed by atoms with Gasteiger partial charge in [-0.2, -0.15) is 9.61 Å². The van der Waals surface area contributed by atoms with E-state index in [1.54, 1.807) is 10.8 Å². The third kappa shape index (κ3) is 2.68. The molecule has 1 aliphatic heterocycles. The van der Waals surface area contributed by atoms with E-state index in [2.05, 4.69) is 20.2 Å². The average molecular weight is 289 g/mol. The normalized spacial score (nSPS) is 19.0. The Morgan fingerprint density at radius 1 is 1.52 bits per heavy atom. The number of anilines is 1. The molecule has 7 heteroatoms. The minimum absolute atomic E-state index is 0.0739. The fourth-order valence-corrected chi connectivity index (χ4v) is 2.81. The number of nitrogens with zero attached hydrogens (tertiary/aromatic N) is 5. The molecule has 0 aromatic carbocycles. The SMILES string of the molecule is CCOC(=O)[C@@H]1CCCN(c2cc(C)nn3cnnc23)C1. The number of hydrogen-bond donors (Lipinski definition) is 0. The van der Waals surface area contributed by atoms with Crippen molar-refractivity contribution in [2.75, 3.05) is 24.6 Å². The predicted octanol–water partition coefficient (Wildman–Crippen LogP) is 1.21. The summed E-state index contributed by atoms with van der Waals surface area (Å²) in [6.45, 7) is 5.77. The van der Waals surface area contributed by atoms with E-state index in [1.165, 1.54) is 0 Å². The van der Waals surface area contributed by atoms with E-state index < -0.39 is 0 Å². The standard InChI is InChI=1S/C14H19N5O2/c1-3-21-14(20)11-5-4-6-18(8-11)12-7-10(2)17-19-9-15-16-13(12)19/h7,9,11H,3-6,8H2,1-2H3/t11-/m1/s1. The van der Waals surface area contributed by atoms with Gasteiger partial charge in [0.1, 0.15) is 6.33 Å². The summed E-state index contributed by atoms with van der Waals surface area (Å²) in [5.41, 5.74) is 2.61. The van der Waals surface area contributed by atoms with Crippen LogP contribution in [0.3, 0.4) is 0 Å². The molecule has 7 nitrogen and oxygen atoms in total. The lowest BCUT2D eigenvalue weighted by molar-refractivity contribution is -0.148. The van der Waals surface area contributed by atoms with Crippen molar-refractivity contribution in [2.24, 2.45) is 5.92 Å². The Morgan fingerprint density at radius 3 is 3.19 bits per heavy atom. The first-order valence-corrected chi connectivity index (χ1v) is 7.28. The zero-order valence-electron chi connectivity index (χ0n) is 12.3. The first-order chi connectivity index (χ1) is 10.2. The predicted molar refractivity (Wildman–Crippen MR) is 77.1 cm³/mol. The maximum absolute atomic E-state index is 12.0. The molecule has 2 aromatic rings. The molecular formula is C14H19N5O2. The lowest BCUT2D eigenvalue weighted by atomic mass is 9.98. The molecule has 1 saturated heterocycles. The number of fused-ring (bicyclic) bond motifs is 1. The quantitative estimate of drug-likeness (QED) is 0.791. The highest BCUT2D eigenvalue weighted by Crippen LogP contribution is 2.26. The highest BCUT2D eigenvalue weighted by Gasteiger charge is 2.28. The first-order valence-electron chi connectivity index (χ1n) is 7.28. The highest BCUT2D eigenvalue weighted by molar-refractivity contribution is 5.75. The van der Waals surface area contributed by atoms with Crippen molar-refractivity contribution in [1.29, 1.82) is 0 Å². The number of piperidine rings is 1. The van der Waals surface area contributed by atoms with Gasteiger partial charge in [0.15, 0.2) is 0 Å². The maximum atomic E-state index is 12.0. The van der Waals surface area contributed by atoms with Crippen molar-refractivity contribution in [1.82, 2.24) is 19.8 Å². The van der Waals surface area contributed by atoms with Gasteiger partial charge in [0.25, 0.3) is 0 Å². The van der Waals surface area contributed by atoms with Crippen LogP contribution in [0.5, 0.6) is 0 Å². The smallest absolute Gasteiger partial charge is 0.310 e. The number of ether oxygens (including phenoxy) is 1. The summed E-state index contributed by atoms with van der Waals surface area (Å²) < 4.78 is 6.83. The van der Waals surface area contributed by atoms with E-state index in [9.17, 15) is 4.79 Å². The molecule has 0 spiro atoms. The number of carbonyl (C=O) groups is 1. The van der Waals surface area contributed by atoms with Crippen molar-refractivity contribution < 1.29 is 9.53 Å². The maximum Gasteiger partial charge on any atom is 0.310 e. The van der Waals surface area contributed by atoms with Gasteiger partial charge in [-0.25, -0.2) is 0 Å². The third-order valence-electron chi connectivity index (χ3n) is 3.75. The molecule has 0 bridgehead atoms. The highest BCUT2D eigenvalue weighted by atomic mass is 16.5. The molecular weight excluding hydrogens is 270 g/mol. The lowest BCUT2D eigenvalue weighted by Gasteiger charge is -2.33. The molecule has 2 aromatic heterocycles. The molecule has 21 heavy (non-hydrogen) atoms. The van der Waals surface area contributed by atoms with E-state index in [0.29, 0.717) is 13.2 Å². The molecule has 0 radical (unpaired) electrons. The van der Waals surface area contributed by atoms with Crippen molar-refractivity contribution in [2.45, 2.75) is 26.7 Å². The van der Waals surface area contributed by atoms with Gasteiger partial charge in [0.05, 0.1) is 23.9 Å². The molecule has 0 aliphatic carbocycles. The van der Waals surface area contributed by atoms with E-state index in [1.807, 2.05) is 19.9 Å². The Kier molecular flexibility index (Phi) is 3.72. The van der Waals surface area contributed by atoms with Crippen LogP contribution < -0.4 is 4.90 Å². The van der Waals surface area contributed by atoms with Gasteiger partial charge < -0.3 is 9.64 Å². The van der Waals surface area contributed by atoms with Crippen LogP contribution in [0.15, 0.2) is 12.4 Å². The minimum Gasteiger partial charge on any atom is -0.466 e. The summed E-state index contributed by atoms with van der Waals surface area (Å²) in [6.07, 6.45) is 3.44. The molecule has 0 unspecified atom stereocenters. The van der Waals surface area contributed by atoms with E-state index in [4.69, 9.17) is 4.74 Å². The third-order valence-corrected chi connectivity index (χ3v) is 3.75. The summed E-state index contributed by atoms with van der Waals surface area (Å²) in [5, 5.41) is 12.4. The molecule has 112 valence electrons. The Balaban J connectivity index is 1.88. The number of hydrogen-bond acceptors (Lipinski definition) is 6. The zero-order chi connectivity index (χ0) is 14.8. The average Bonchev–Trinajstić information content (AvgIpc) is 2.95. The fourth-order valence-electron chi connectivity index (χ4n) is 2.81. The molecule has 0 N–H and O–H groups in total. The number of carbonyl (C=O) groups excluding carboxylic acids is 1. The summed E-state index contributed by atoms with van der Waals surface area (Å²) in [5.74, 6) is -0.180. The summed E-state index contributed by atoms with van der Waals surface area (Å²) in [6, 6.07) is 2.00. The van der Waals surface area contributed by atoms with Gasteiger partial charge >= 0.3 is 5.97 Å². The zero-order valence-corrected chi connectivity index (χ0v) is 12.3. The van der Waals surface area contributed by atoms with Crippen LogP contribution in [0.1, 0.15) is 25.5 Å². The molecule has 3 heterocycles. The van der Waals surface area contributed by atoms with Gasteiger partial charge in [0.2, 0.25) is 5.65 Å². The van der Waals surface area contributed by atoms with E-state index in [0.717, 1.165) is 36.4 Å². The van der Waals surface area contributed by atoms with Crippen LogP contribution in [-0.4, -0.2) is 45.5 Å². The first kappa shape index (κ1) is 13.8. The Hall–Kier alpha value is -2.18. The molecule has 0 amide bonds. The van der Waals surface area contributed by atoms with Crippen LogP contribution in [0.25, 0.3) is 5.65 Å². The number of esters is 1. The van der Waals surface area contributed by atoms with E-state index in [-0.39, 0.29) is 11.9 Å². The summed E-state index contributed by atoms with van der Waals surface area (Å²) >= 11 is 0. The van der Waals surface area contributed by atoms with Crippen LogP contribution in [-0.2, 0) is 9.53 Å². The van der Waals surface area contributed by atoms with Crippen molar-refractivity contribution in [3.63, 3.8) is 0 Å². The Bertz CT molecular complexity index is 654. The van der Waals surface area contributed by atoms with Crippen molar-refractivity contribution in [3.05, 3.63) is 18.1 Å². The largest absolute Gasteiger partial charge is 0.466 e. The molecule has 1 fully saturated rings. The van der Waals surface area contributed by atoms with Gasteiger partial charge in [0, 0.05) is 13.1 Å². The molecule has 1 atom stereocenters. The fraction of sp³-hybridized carbons (Fsp3) is 0.571. The second-order valence-electron chi connectivity index (χ2n) is 5.31. The van der Waals surface area contributed by atoms with Gasteiger partial charge in [-0.15, -0.1) is 10.2 Å². The minimum atomic E-state index is -0.106.